The number of thioether (sulfide) groups is 1. The topological polar surface area (TPSA) is 69.7 Å². The van der Waals surface area contributed by atoms with E-state index in [-0.39, 0.29) is 15.1 Å². The quantitative estimate of drug-likeness (QED) is 0.549. The molecule has 2 aromatic carbocycles. The van der Waals surface area contributed by atoms with E-state index in [1.165, 1.54) is 0 Å². The Morgan fingerprint density at radius 2 is 1.77 bits per heavy atom. The van der Waals surface area contributed by atoms with Crippen molar-refractivity contribution in [2.24, 2.45) is 0 Å². The van der Waals surface area contributed by atoms with Crippen LogP contribution in [0.3, 0.4) is 0 Å². The zero-order valence-electron chi connectivity index (χ0n) is 17.2. The van der Waals surface area contributed by atoms with E-state index in [1.54, 1.807) is 17.0 Å². The zero-order valence-corrected chi connectivity index (χ0v) is 18.8. The van der Waals surface area contributed by atoms with Gasteiger partial charge in [-0.3, -0.25) is 19.8 Å². The van der Waals surface area contributed by atoms with Crippen LogP contribution in [0.5, 0.6) is 0 Å². The molecule has 0 spiro atoms. The Morgan fingerprint density at radius 3 is 2.48 bits per heavy atom. The summed E-state index contributed by atoms with van der Waals surface area (Å²) in [6, 6.07) is 14.4. The smallest absolute Gasteiger partial charge is 0.286 e. The van der Waals surface area contributed by atoms with Gasteiger partial charge >= 0.3 is 0 Å². The lowest BCUT2D eigenvalue weighted by atomic mass is 10.1. The normalized spacial score (nSPS) is 18.1. The Hall–Kier alpha value is -2.97. The number of carbonyl (C=O) groups is 3. The summed E-state index contributed by atoms with van der Waals surface area (Å²) in [5.41, 5.74) is 5.87. The summed E-state index contributed by atoms with van der Waals surface area (Å²) >= 11 is 6.39. The molecule has 2 aliphatic rings. The van der Waals surface area contributed by atoms with Crippen LogP contribution in [0.4, 0.5) is 5.69 Å². The third-order valence-electron chi connectivity index (χ3n) is 5.18. The van der Waals surface area contributed by atoms with Crippen LogP contribution in [0.25, 0.3) is 5.57 Å². The molecule has 2 aromatic rings. The van der Waals surface area contributed by atoms with E-state index in [0.29, 0.717) is 23.2 Å². The molecule has 0 radical (unpaired) electrons. The number of unbranched alkanes of at least 4 members (excludes halogenated alkanes) is 1. The number of thiocarbonyl (C=S) groups is 1. The Labute approximate surface area is 190 Å². The van der Waals surface area contributed by atoms with Crippen LogP contribution in [0, 0.1) is 6.92 Å². The number of fused-ring (bicyclic) bond motifs is 1. The monoisotopic (exact) mass is 451 g/mol. The van der Waals surface area contributed by atoms with Gasteiger partial charge in [-0.25, -0.2) is 0 Å². The first-order chi connectivity index (χ1) is 14.9. The van der Waals surface area contributed by atoms with E-state index < -0.39 is 11.8 Å². The molecule has 0 aromatic heterocycles. The van der Waals surface area contributed by atoms with Gasteiger partial charge in [0.25, 0.3) is 17.7 Å². The standard InChI is InChI=1S/C23H21N3O3S2/c1-3-4-13-25-17-8-6-5-7-16(17)18(21(25)28)19-22(29)26(23(30)31-19)24-20(27)15-11-9-14(2)10-12-15/h5-12H,3-4,13H2,1-2H3,(H,24,27)/b19-18-. The second-order valence-corrected chi connectivity index (χ2v) is 8.99. The van der Waals surface area contributed by atoms with Crippen molar-refractivity contribution < 1.29 is 14.4 Å². The van der Waals surface area contributed by atoms with Gasteiger partial charge in [-0.05, 0) is 43.8 Å². The van der Waals surface area contributed by atoms with Gasteiger partial charge in [0, 0.05) is 17.7 Å². The molecular formula is C23H21N3O3S2. The molecule has 0 unspecified atom stereocenters. The van der Waals surface area contributed by atoms with Crippen molar-refractivity contribution in [3.63, 3.8) is 0 Å². The van der Waals surface area contributed by atoms with Crippen molar-refractivity contribution in [2.75, 3.05) is 11.4 Å². The first-order valence-corrected chi connectivity index (χ1v) is 11.2. The fraction of sp³-hybridized carbons (Fsp3) is 0.217. The maximum Gasteiger partial charge on any atom is 0.286 e. The molecule has 6 nitrogen and oxygen atoms in total. The summed E-state index contributed by atoms with van der Waals surface area (Å²) in [6.07, 6.45) is 1.81. The molecule has 2 heterocycles. The summed E-state index contributed by atoms with van der Waals surface area (Å²) < 4.78 is 0.185. The lowest BCUT2D eigenvalue weighted by molar-refractivity contribution is -0.124. The maximum absolute atomic E-state index is 13.2. The Balaban J connectivity index is 1.65. The minimum atomic E-state index is -0.494. The number of benzene rings is 2. The van der Waals surface area contributed by atoms with Crippen LogP contribution in [0.1, 0.15) is 41.3 Å². The largest absolute Gasteiger partial charge is 0.308 e. The molecule has 8 heteroatoms. The molecule has 0 bridgehead atoms. The van der Waals surface area contributed by atoms with Crippen molar-refractivity contribution in [2.45, 2.75) is 26.7 Å². The number of hydrazine groups is 1. The summed E-state index contributed by atoms with van der Waals surface area (Å²) in [5, 5.41) is 1.05. The maximum atomic E-state index is 13.2. The van der Waals surface area contributed by atoms with Crippen LogP contribution in [0.2, 0.25) is 0 Å². The zero-order chi connectivity index (χ0) is 22.1. The van der Waals surface area contributed by atoms with E-state index in [9.17, 15) is 14.4 Å². The number of nitrogens with zero attached hydrogens (tertiary/aromatic N) is 2. The predicted molar refractivity (Wildman–Crippen MR) is 126 cm³/mol. The highest BCUT2D eigenvalue weighted by Crippen LogP contribution is 2.44. The van der Waals surface area contributed by atoms with Crippen molar-refractivity contribution >= 4 is 57.3 Å². The van der Waals surface area contributed by atoms with Crippen LogP contribution >= 0.6 is 24.0 Å². The van der Waals surface area contributed by atoms with Gasteiger partial charge in [-0.2, -0.15) is 5.01 Å². The summed E-state index contributed by atoms with van der Waals surface area (Å²) in [6.45, 7) is 4.58. The van der Waals surface area contributed by atoms with Gasteiger partial charge in [0.1, 0.15) is 0 Å². The highest BCUT2D eigenvalue weighted by molar-refractivity contribution is 8.26. The lowest BCUT2D eigenvalue weighted by Gasteiger charge is -2.16. The molecule has 31 heavy (non-hydrogen) atoms. The average molecular weight is 452 g/mol. The minimum absolute atomic E-state index is 0.185. The number of nitrogens with one attached hydrogen (secondary N) is 1. The number of rotatable bonds is 5. The van der Waals surface area contributed by atoms with Gasteiger partial charge in [0.05, 0.1) is 16.2 Å². The number of amides is 3. The van der Waals surface area contributed by atoms with Gasteiger partial charge in [-0.1, -0.05) is 61.0 Å². The highest BCUT2D eigenvalue weighted by atomic mass is 32.2. The minimum Gasteiger partial charge on any atom is -0.308 e. The number of hydrogen-bond acceptors (Lipinski definition) is 5. The molecule has 1 N–H and O–H groups in total. The average Bonchev–Trinajstić information content (AvgIpc) is 3.19. The SMILES string of the molecule is CCCCN1C(=O)/C(=C2\SC(=S)N(NC(=O)c3ccc(C)cc3)C2=O)c2ccccc21. The third kappa shape index (κ3) is 3.88. The Morgan fingerprint density at radius 1 is 1.06 bits per heavy atom. The molecule has 1 fully saturated rings. The van der Waals surface area contributed by atoms with E-state index in [0.717, 1.165) is 40.9 Å². The fourth-order valence-electron chi connectivity index (χ4n) is 3.52. The number of aryl methyl sites for hydroxylation is 1. The Bertz CT molecular complexity index is 1130. The van der Waals surface area contributed by atoms with Crippen LogP contribution < -0.4 is 10.3 Å². The van der Waals surface area contributed by atoms with Gasteiger partial charge < -0.3 is 4.90 Å². The molecule has 0 aliphatic carbocycles. The fourth-order valence-corrected chi connectivity index (χ4v) is 4.78. The Kier molecular flexibility index (Phi) is 5.93. The lowest BCUT2D eigenvalue weighted by Crippen LogP contribution is -2.45. The summed E-state index contributed by atoms with van der Waals surface area (Å²) in [4.78, 5) is 41.0. The first-order valence-electron chi connectivity index (χ1n) is 10.0. The molecule has 0 atom stereocenters. The van der Waals surface area contributed by atoms with E-state index >= 15 is 0 Å². The molecule has 4 rings (SSSR count). The number of para-hydroxylation sites is 1. The molecule has 2 aliphatic heterocycles. The van der Waals surface area contributed by atoms with E-state index in [1.807, 2.05) is 43.3 Å². The van der Waals surface area contributed by atoms with Crippen LogP contribution in [-0.2, 0) is 9.59 Å². The van der Waals surface area contributed by atoms with Crippen LogP contribution in [0.15, 0.2) is 53.4 Å². The van der Waals surface area contributed by atoms with E-state index in [2.05, 4.69) is 12.3 Å². The van der Waals surface area contributed by atoms with Crippen molar-refractivity contribution in [3.8, 4) is 0 Å². The number of hydrogen-bond donors (Lipinski definition) is 1. The van der Waals surface area contributed by atoms with Gasteiger partial charge in [-0.15, -0.1) is 0 Å². The summed E-state index contributed by atoms with van der Waals surface area (Å²) in [7, 11) is 0. The van der Waals surface area contributed by atoms with Gasteiger partial charge in [0.15, 0.2) is 4.32 Å². The molecular weight excluding hydrogens is 430 g/mol. The van der Waals surface area contributed by atoms with Crippen molar-refractivity contribution in [1.82, 2.24) is 10.4 Å². The van der Waals surface area contributed by atoms with Crippen molar-refractivity contribution in [3.05, 3.63) is 70.1 Å². The first kappa shape index (κ1) is 21.3. The van der Waals surface area contributed by atoms with Crippen LogP contribution in [-0.4, -0.2) is 33.6 Å². The van der Waals surface area contributed by atoms with Gasteiger partial charge in [0.2, 0.25) is 0 Å². The van der Waals surface area contributed by atoms with E-state index in [4.69, 9.17) is 12.2 Å². The second-order valence-electron chi connectivity index (χ2n) is 7.35. The summed E-state index contributed by atoms with van der Waals surface area (Å²) in [5.74, 6) is -1.14. The second kappa shape index (κ2) is 8.64. The highest BCUT2D eigenvalue weighted by Gasteiger charge is 2.42. The number of anilines is 1. The molecule has 0 saturated carbocycles. The third-order valence-corrected chi connectivity index (χ3v) is 6.55. The molecule has 158 valence electrons. The molecule has 1 saturated heterocycles. The van der Waals surface area contributed by atoms with Crippen molar-refractivity contribution in [1.29, 1.82) is 0 Å². The predicted octanol–water partition coefficient (Wildman–Crippen LogP) is 4.06. The number of carbonyl (C=O) groups excluding carboxylic acids is 3. The molecule has 3 amide bonds.